The summed E-state index contributed by atoms with van der Waals surface area (Å²) in [4.78, 5) is 10.8. The molecule has 0 saturated carbocycles. The van der Waals surface area contributed by atoms with Gasteiger partial charge in [0.25, 0.3) is 0 Å². The molecule has 1 fully saturated rings. The third-order valence-corrected chi connectivity index (χ3v) is 4.26. The summed E-state index contributed by atoms with van der Waals surface area (Å²) in [7, 11) is 0. The van der Waals surface area contributed by atoms with E-state index in [2.05, 4.69) is 12.2 Å². The number of rotatable bonds is 3. The average molecular weight is 255 g/mol. The van der Waals surface area contributed by atoms with Gasteiger partial charge in [0.05, 0.1) is 11.3 Å². The van der Waals surface area contributed by atoms with Gasteiger partial charge in [-0.1, -0.05) is 6.92 Å². The zero-order valence-corrected chi connectivity index (χ0v) is 10.3. The number of carbonyl (C=O) groups is 1. The Bertz CT molecular complexity index is 439. The minimum atomic E-state index is -1.04. The van der Waals surface area contributed by atoms with E-state index in [0.29, 0.717) is 5.25 Å². The van der Waals surface area contributed by atoms with E-state index in [1.807, 2.05) is 11.8 Å². The minimum Gasteiger partial charge on any atom is -0.478 e. The maximum absolute atomic E-state index is 13.6. The second-order valence-corrected chi connectivity index (χ2v) is 5.60. The van der Waals surface area contributed by atoms with Crippen molar-refractivity contribution in [2.75, 3.05) is 11.1 Å². The topological polar surface area (TPSA) is 49.3 Å². The molecule has 2 rings (SSSR count). The molecule has 1 aliphatic rings. The van der Waals surface area contributed by atoms with Gasteiger partial charge in [-0.05, 0) is 30.4 Å². The second kappa shape index (κ2) is 4.96. The Kier molecular flexibility index (Phi) is 3.57. The maximum Gasteiger partial charge on any atom is 0.335 e. The van der Waals surface area contributed by atoms with Crippen LogP contribution in [0.3, 0.4) is 0 Å². The Hall–Kier alpha value is -1.23. The molecule has 17 heavy (non-hydrogen) atoms. The van der Waals surface area contributed by atoms with Gasteiger partial charge < -0.3 is 10.4 Å². The summed E-state index contributed by atoms with van der Waals surface area (Å²) in [6.45, 7) is 2.09. The van der Waals surface area contributed by atoms with Gasteiger partial charge in [-0.15, -0.1) is 0 Å². The van der Waals surface area contributed by atoms with Crippen molar-refractivity contribution in [1.82, 2.24) is 0 Å². The fourth-order valence-corrected chi connectivity index (χ4v) is 3.09. The van der Waals surface area contributed by atoms with Crippen LogP contribution in [0.1, 0.15) is 23.7 Å². The van der Waals surface area contributed by atoms with Gasteiger partial charge in [-0.25, -0.2) is 9.18 Å². The number of thioether (sulfide) groups is 1. The molecular formula is C12H14FNO2S. The summed E-state index contributed by atoms with van der Waals surface area (Å²) in [6.07, 6.45) is 0.975. The Morgan fingerprint density at radius 1 is 1.59 bits per heavy atom. The first-order valence-corrected chi connectivity index (χ1v) is 6.54. The number of benzene rings is 1. The van der Waals surface area contributed by atoms with Crippen LogP contribution in [-0.4, -0.2) is 28.1 Å². The number of hydrogen-bond acceptors (Lipinski definition) is 3. The Morgan fingerprint density at radius 2 is 2.35 bits per heavy atom. The highest BCUT2D eigenvalue weighted by atomic mass is 32.2. The third kappa shape index (κ3) is 2.72. The van der Waals surface area contributed by atoms with Gasteiger partial charge in [0, 0.05) is 11.3 Å². The minimum absolute atomic E-state index is 0.104. The lowest BCUT2D eigenvalue weighted by molar-refractivity contribution is 0.0697. The summed E-state index contributed by atoms with van der Waals surface area (Å²) in [5.41, 5.74) is 0.386. The van der Waals surface area contributed by atoms with Crippen LogP contribution >= 0.6 is 11.8 Å². The summed E-state index contributed by atoms with van der Waals surface area (Å²) in [6, 6.07) is 4.03. The second-order valence-electron chi connectivity index (χ2n) is 4.12. The summed E-state index contributed by atoms with van der Waals surface area (Å²) in [5, 5.41) is 12.4. The molecule has 2 atom stereocenters. The number of nitrogens with one attached hydrogen (secondary N) is 1. The number of anilines is 1. The van der Waals surface area contributed by atoms with Gasteiger partial charge in [0.15, 0.2) is 0 Å². The molecule has 1 heterocycles. The van der Waals surface area contributed by atoms with Crippen molar-refractivity contribution in [3.05, 3.63) is 29.6 Å². The number of hydrogen-bond donors (Lipinski definition) is 2. The van der Waals surface area contributed by atoms with Crippen LogP contribution < -0.4 is 5.32 Å². The van der Waals surface area contributed by atoms with Crippen LogP contribution in [0.15, 0.2) is 18.2 Å². The smallest absolute Gasteiger partial charge is 0.335 e. The summed E-state index contributed by atoms with van der Waals surface area (Å²) >= 11 is 1.84. The lowest BCUT2D eigenvalue weighted by Gasteiger charge is -2.18. The van der Waals surface area contributed by atoms with E-state index in [0.717, 1.165) is 12.2 Å². The molecule has 0 radical (unpaired) electrons. The van der Waals surface area contributed by atoms with Crippen molar-refractivity contribution in [1.29, 1.82) is 0 Å². The van der Waals surface area contributed by atoms with E-state index < -0.39 is 11.8 Å². The maximum atomic E-state index is 13.6. The van der Waals surface area contributed by atoms with E-state index in [4.69, 9.17) is 5.11 Å². The van der Waals surface area contributed by atoms with Crippen molar-refractivity contribution in [2.45, 2.75) is 24.6 Å². The first-order valence-electron chi connectivity index (χ1n) is 5.49. The van der Waals surface area contributed by atoms with Crippen molar-refractivity contribution >= 4 is 23.4 Å². The lowest BCUT2D eigenvalue weighted by Crippen LogP contribution is -2.25. The fourth-order valence-electron chi connectivity index (χ4n) is 1.89. The lowest BCUT2D eigenvalue weighted by atomic mass is 10.1. The molecule has 0 amide bonds. The molecule has 2 unspecified atom stereocenters. The largest absolute Gasteiger partial charge is 0.478 e. The first-order chi connectivity index (χ1) is 8.08. The molecule has 1 saturated heterocycles. The van der Waals surface area contributed by atoms with Gasteiger partial charge in [0.2, 0.25) is 0 Å². The molecule has 0 spiro atoms. The SMILES string of the molecule is CC1SCCC1Nc1cc(C(=O)O)ccc1F. The molecule has 1 aromatic carbocycles. The van der Waals surface area contributed by atoms with Crippen LogP contribution in [0.4, 0.5) is 10.1 Å². The summed E-state index contributed by atoms with van der Waals surface area (Å²) < 4.78 is 13.6. The van der Waals surface area contributed by atoms with Crippen LogP contribution in [0.5, 0.6) is 0 Å². The molecule has 0 bridgehead atoms. The highest BCUT2D eigenvalue weighted by molar-refractivity contribution is 8.00. The molecule has 3 nitrogen and oxygen atoms in total. The van der Waals surface area contributed by atoms with E-state index >= 15 is 0 Å². The molecule has 92 valence electrons. The normalized spacial score (nSPS) is 23.6. The predicted octanol–water partition coefficient (Wildman–Crippen LogP) is 2.83. The van der Waals surface area contributed by atoms with E-state index in [9.17, 15) is 9.18 Å². The van der Waals surface area contributed by atoms with E-state index in [1.165, 1.54) is 18.2 Å². The quantitative estimate of drug-likeness (QED) is 0.872. The van der Waals surface area contributed by atoms with Gasteiger partial charge in [-0.2, -0.15) is 11.8 Å². The van der Waals surface area contributed by atoms with Gasteiger partial charge in [-0.3, -0.25) is 0 Å². The Balaban J connectivity index is 2.19. The van der Waals surface area contributed by atoms with Crippen LogP contribution in [0, 0.1) is 5.82 Å². The van der Waals surface area contributed by atoms with Crippen LogP contribution in [0.2, 0.25) is 0 Å². The summed E-state index contributed by atoms with van der Waals surface area (Å²) in [5.74, 6) is -0.389. The average Bonchev–Trinajstić information content (AvgIpc) is 2.67. The number of carboxylic acid groups (broad SMARTS) is 1. The first kappa shape index (κ1) is 12.2. The zero-order chi connectivity index (χ0) is 12.4. The molecule has 2 N–H and O–H groups in total. The van der Waals surface area contributed by atoms with Crippen molar-refractivity contribution < 1.29 is 14.3 Å². The molecule has 5 heteroatoms. The van der Waals surface area contributed by atoms with Crippen LogP contribution in [0.25, 0.3) is 0 Å². The fraction of sp³-hybridized carbons (Fsp3) is 0.417. The Labute approximate surface area is 103 Å². The number of halogens is 1. The molecule has 0 aromatic heterocycles. The highest BCUT2D eigenvalue weighted by Gasteiger charge is 2.24. The van der Waals surface area contributed by atoms with Crippen molar-refractivity contribution in [2.24, 2.45) is 0 Å². The molecule has 1 aromatic rings. The standard InChI is InChI=1S/C12H14FNO2S/c1-7-10(4-5-17-7)14-11-6-8(12(15)16)2-3-9(11)13/h2-3,6-7,10,14H,4-5H2,1H3,(H,15,16). The van der Waals surface area contributed by atoms with Gasteiger partial charge in [0.1, 0.15) is 5.82 Å². The number of carboxylic acids is 1. The molecular weight excluding hydrogens is 241 g/mol. The molecule has 0 aliphatic carbocycles. The predicted molar refractivity (Wildman–Crippen MR) is 67.3 cm³/mol. The zero-order valence-electron chi connectivity index (χ0n) is 9.44. The Morgan fingerprint density at radius 3 is 2.94 bits per heavy atom. The molecule has 1 aliphatic heterocycles. The third-order valence-electron chi connectivity index (χ3n) is 2.93. The highest BCUT2D eigenvalue weighted by Crippen LogP contribution is 2.29. The van der Waals surface area contributed by atoms with E-state index in [-0.39, 0.29) is 17.3 Å². The van der Waals surface area contributed by atoms with Crippen molar-refractivity contribution in [3.8, 4) is 0 Å². The monoisotopic (exact) mass is 255 g/mol. The van der Waals surface area contributed by atoms with E-state index in [1.54, 1.807) is 0 Å². The van der Waals surface area contributed by atoms with Crippen LogP contribution in [-0.2, 0) is 0 Å². The number of aromatic carboxylic acids is 1. The van der Waals surface area contributed by atoms with Crippen molar-refractivity contribution in [3.63, 3.8) is 0 Å². The van der Waals surface area contributed by atoms with Gasteiger partial charge >= 0.3 is 5.97 Å².